The Morgan fingerprint density at radius 2 is 1.90 bits per heavy atom. The number of carbonyl (C=O) groups is 2. The molecule has 0 radical (unpaired) electrons. The number of unbranched alkanes of at least 4 members (excludes halogenated alkanes) is 1. The second-order valence-corrected chi connectivity index (χ2v) is 7.62. The van der Waals surface area contributed by atoms with E-state index in [1.165, 1.54) is 0 Å². The Labute approximate surface area is 184 Å². The van der Waals surface area contributed by atoms with Crippen LogP contribution in [0.5, 0.6) is 5.75 Å². The minimum atomic E-state index is -0.553. The van der Waals surface area contributed by atoms with Crippen molar-refractivity contribution in [3.05, 3.63) is 64.7 Å². The number of nitrogens with one attached hydrogen (secondary N) is 1. The predicted octanol–water partition coefficient (Wildman–Crippen LogP) is 4.61. The van der Waals surface area contributed by atoms with Gasteiger partial charge in [0.1, 0.15) is 11.8 Å². The van der Waals surface area contributed by atoms with E-state index in [9.17, 15) is 9.59 Å². The number of benzene rings is 2. The average Bonchev–Trinajstić information content (AvgIpc) is 2.75. The highest BCUT2D eigenvalue weighted by Crippen LogP contribution is 2.21. The fraction of sp³-hybridized carbons (Fsp3) is 0.417. The van der Waals surface area contributed by atoms with Crippen molar-refractivity contribution < 1.29 is 14.3 Å². The normalized spacial score (nSPS) is 11.6. The third-order valence-corrected chi connectivity index (χ3v) is 5.37. The number of hydrogen-bond donors (Lipinski definition) is 1. The number of nitrogens with zero attached hydrogens (tertiary/aromatic N) is 1. The van der Waals surface area contributed by atoms with Crippen molar-refractivity contribution in [2.24, 2.45) is 0 Å². The topological polar surface area (TPSA) is 58.6 Å². The lowest BCUT2D eigenvalue weighted by Gasteiger charge is -2.31. The van der Waals surface area contributed by atoms with Crippen molar-refractivity contribution in [3.63, 3.8) is 0 Å². The van der Waals surface area contributed by atoms with Crippen LogP contribution in [0.25, 0.3) is 0 Å². The van der Waals surface area contributed by atoms with Crippen LogP contribution in [0.4, 0.5) is 0 Å². The molecule has 30 heavy (non-hydrogen) atoms. The zero-order valence-corrected chi connectivity index (χ0v) is 18.7. The minimum absolute atomic E-state index is 0.124. The first-order chi connectivity index (χ1) is 14.5. The number of methoxy groups -OCH3 is 1. The molecule has 0 fully saturated rings. The Bertz CT molecular complexity index is 841. The van der Waals surface area contributed by atoms with Crippen LogP contribution in [-0.2, 0) is 22.6 Å². The number of carbonyl (C=O) groups excluding carboxylic acids is 2. The van der Waals surface area contributed by atoms with Gasteiger partial charge in [-0.15, -0.1) is 0 Å². The summed E-state index contributed by atoms with van der Waals surface area (Å²) in [5, 5.41) is 3.52. The van der Waals surface area contributed by atoms with E-state index in [-0.39, 0.29) is 18.2 Å². The summed E-state index contributed by atoms with van der Waals surface area (Å²) in [6.45, 7) is 4.93. The van der Waals surface area contributed by atoms with Crippen molar-refractivity contribution in [2.45, 2.75) is 52.1 Å². The zero-order valence-electron chi connectivity index (χ0n) is 18.0. The van der Waals surface area contributed by atoms with Crippen molar-refractivity contribution in [2.75, 3.05) is 13.7 Å². The van der Waals surface area contributed by atoms with Gasteiger partial charge in [-0.25, -0.2) is 0 Å². The summed E-state index contributed by atoms with van der Waals surface area (Å²) >= 11 is 6.27. The maximum Gasteiger partial charge on any atom is 0.242 e. The highest BCUT2D eigenvalue weighted by Gasteiger charge is 2.28. The summed E-state index contributed by atoms with van der Waals surface area (Å²) in [5.74, 6) is 0.455. The second-order valence-electron chi connectivity index (χ2n) is 7.21. The Morgan fingerprint density at radius 1 is 1.13 bits per heavy atom. The van der Waals surface area contributed by atoms with E-state index in [0.717, 1.165) is 24.0 Å². The first kappa shape index (κ1) is 23.7. The van der Waals surface area contributed by atoms with Crippen LogP contribution in [0, 0.1) is 0 Å². The highest BCUT2D eigenvalue weighted by molar-refractivity contribution is 6.31. The minimum Gasteiger partial charge on any atom is -0.497 e. The van der Waals surface area contributed by atoms with E-state index in [1.807, 2.05) is 49.4 Å². The molecule has 0 saturated carbocycles. The molecule has 0 saturated heterocycles. The third kappa shape index (κ3) is 6.77. The molecule has 2 amide bonds. The summed E-state index contributed by atoms with van der Waals surface area (Å²) in [5.41, 5.74) is 1.66. The van der Waals surface area contributed by atoms with Crippen molar-refractivity contribution in [1.29, 1.82) is 0 Å². The summed E-state index contributed by atoms with van der Waals surface area (Å²) in [6.07, 6.45) is 2.57. The molecule has 2 aromatic carbocycles. The number of halogens is 1. The largest absolute Gasteiger partial charge is 0.497 e. The summed E-state index contributed by atoms with van der Waals surface area (Å²) in [6, 6.07) is 14.3. The maximum atomic E-state index is 13.3. The van der Waals surface area contributed by atoms with Gasteiger partial charge in [-0.3, -0.25) is 9.59 Å². The molecule has 0 aliphatic carbocycles. The molecule has 0 spiro atoms. The van der Waals surface area contributed by atoms with Gasteiger partial charge >= 0.3 is 0 Å². The second kappa shape index (κ2) is 12.2. The molecule has 6 heteroatoms. The summed E-state index contributed by atoms with van der Waals surface area (Å²) in [7, 11) is 1.61. The average molecular weight is 431 g/mol. The molecule has 2 rings (SSSR count). The van der Waals surface area contributed by atoms with E-state index in [2.05, 4.69) is 12.2 Å². The molecule has 0 unspecified atom stereocenters. The van der Waals surface area contributed by atoms with Crippen LogP contribution in [0.2, 0.25) is 5.02 Å². The molecular formula is C24H31ClN2O3. The van der Waals surface area contributed by atoms with Crippen LogP contribution in [0.15, 0.2) is 48.5 Å². The fourth-order valence-electron chi connectivity index (χ4n) is 3.30. The first-order valence-electron chi connectivity index (χ1n) is 10.4. The zero-order chi connectivity index (χ0) is 21.9. The lowest BCUT2D eigenvalue weighted by Crippen LogP contribution is -2.49. The Morgan fingerprint density at radius 3 is 2.57 bits per heavy atom. The van der Waals surface area contributed by atoms with Crippen LogP contribution in [0.1, 0.15) is 44.2 Å². The van der Waals surface area contributed by atoms with Gasteiger partial charge in [-0.1, -0.05) is 62.2 Å². The van der Waals surface area contributed by atoms with Crippen molar-refractivity contribution in [1.82, 2.24) is 10.2 Å². The van der Waals surface area contributed by atoms with E-state index >= 15 is 0 Å². The molecule has 2 aromatic rings. The molecule has 1 N–H and O–H groups in total. The fourth-order valence-corrected chi connectivity index (χ4v) is 3.50. The Kier molecular flexibility index (Phi) is 9.68. The number of amides is 2. The van der Waals surface area contributed by atoms with Gasteiger partial charge in [0.05, 0.1) is 13.5 Å². The van der Waals surface area contributed by atoms with Crippen molar-refractivity contribution >= 4 is 23.4 Å². The lowest BCUT2D eigenvalue weighted by atomic mass is 10.1. The van der Waals surface area contributed by atoms with E-state index in [0.29, 0.717) is 30.3 Å². The van der Waals surface area contributed by atoms with Gasteiger partial charge in [-0.05, 0) is 42.2 Å². The smallest absolute Gasteiger partial charge is 0.242 e. The maximum absolute atomic E-state index is 13.3. The molecule has 0 aliphatic rings. The van der Waals surface area contributed by atoms with Crippen LogP contribution < -0.4 is 10.1 Å². The quantitative estimate of drug-likeness (QED) is 0.529. The van der Waals surface area contributed by atoms with Crippen molar-refractivity contribution in [3.8, 4) is 5.75 Å². The van der Waals surface area contributed by atoms with Gasteiger partial charge in [0.15, 0.2) is 0 Å². The van der Waals surface area contributed by atoms with Gasteiger partial charge in [0.2, 0.25) is 11.8 Å². The number of ether oxygens (including phenoxy) is 1. The molecule has 1 atom stereocenters. The lowest BCUT2D eigenvalue weighted by molar-refractivity contribution is -0.140. The standard InChI is InChI=1S/C24H31ClN2O3/c1-4-6-14-26-24(29)22(5-2)27(17-18-10-9-12-20(15-18)30-3)23(28)16-19-11-7-8-13-21(19)25/h7-13,15,22H,4-6,14,16-17H2,1-3H3,(H,26,29)/t22-/m1/s1. The van der Waals surface area contributed by atoms with Crippen LogP contribution in [-0.4, -0.2) is 36.4 Å². The van der Waals surface area contributed by atoms with Crippen LogP contribution >= 0.6 is 11.6 Å². The third-order valence-electron chi connectivity index (χ3n) is 5.00. The Balaban J connectivity index is 2.28. The molecule has 5 nitrogen and oxygen atoms in total. The highest BCUT2D eigenvalue weighted by atomic mass is 35.5. The molecule has 162 valence electrons. The molecule has 0 aliphatic heterocycles. The molecule has 0 heterocycles. The SMILES string of the molecule is CCCCNC(=O)[C@@H](CC)N(Cc1cccc(OC)c1)C(=O)Cc1ccccc1Cl. The first-order valence-corrected chi connectivity index (χ1v) is 10.8. The van der Waals surface area contributed by atoms with E-state index in [4.69, 9.17) is 16.3 Å². The Hall–Kier alpha value is -2.53. The summed E-state index contributed by atoms with van der Waals surface area (Å²) in [4.78, 5) is 27.8. The van der Waals surface area contributed by atoms with E-state index in [1.54, 1.807) is 18.1 Å². The van der Waals surface area contributed by atoms with Gasteiger partial charge < -0.3 is 15.0 Å². The number of rotatable bonds is 11. The van der Waals surface area contributed by atoms with Crippen LogP contribution in [0.3, 0.4) is 0 Å². The monoisotopic (exact) mass is 430 g/mol. The molecular weight excluding hydrogens is 400 g/mol. The van der Waals surface area contributed by atoms with Gasteiger partial charge in [0, 0.05) is 18.1 Å². The van der Waals surface area contributed by atoms with E-state index < -0.39 is 6.04 Å². The van der Waals surface area contributed by atoms with Gasteiger partial charge in [0.25, 0.3) is 0 Å². The van der Waals surface area contributed by atoms with Gasteiger partial charge in [-0.2, -0.15) is 0 Å². The summed E-state index contributed by atoms with van der Waals surface area (Å²) < 4.78 is 5.31. The molecule has 0 aromatic heterocycles. The molecule has 0 bridgehead atoms. The number of hydrogen-bond acceptors (Lipinski definition) is 3. The predicted molar refractivity (Wildman–Crippen MR) is 121 cm³/mol.